The van der Waals surface area contributed by atoms with Crippen molar-refractivity contribution in [1.29, 1.82) is 0 Å². The van der Waals surface area contributed by atoms with Crippen molar-refractivity contribution in [1.82, 2.24) is 4.98 Å². The monoisotopic (exact) mass is 296 g/mol. The zero-order chi connectivity index (χ0) is 14.9. The number of hydrogen-bond donors (Lipinski definition) is 1. The Hall–Kier alpha value is -1.82. The quantitative estimate of drug-likeness (QED) is 0.911. The van der Waals surface area contributed by atoms with Crippen LogP contribution in [0.1, 0.15) is 36.8 Å². The lowest BCUT2D eigenvalue weighted by atomic mass is 9.93. The zero-order valence-corrected chi connectivity index (χ0v) is 12.1. The Balaban J connectivity index is 2.17. The number of carbonyl (C=O) groups is 1. The Morgan fingerprint density at radius 2 is 1.80 bits per heavy atom. The molecule has 0 saturated carbocycles. The van der Waals surface area contributed by atoms with E-state index in [4.69, 9.17) is 0 Å². The number of aromatic nitrogens is 1. The Morgan fingerprint density at radius 1 is 1.20 bits per heavy atom. The summed E-state index contributed by atoms with van der Waals surface area (Å²) in [6, 6.07) is 2.69. The Morgan fingerprint density at radius 3 is 2.30 bits per heavy atom. The fourth-order valence-electron chi connectivity index (χ4n) is 1.53. The summed E-state index contributed by atoms with van der Waals surface area (Å²) in [7, 11) is 0. The van der Waals surface area contributed by atoms with Crippen LogP contribution in [0.5, 0.6) is 0 Å². The predicted molar refractivity (Wildman–Crippen MR) is 75.1 cm³/mol. The smallest absolute Gasteiger partial charge is 0.257 e. The van der Waals surface area contributed by atoms with Gasteiger partial charge in [0.25, 0.3) is 5.91 Å². The molecular weight excluding hydrogens is 282 g/mol. The third-order valence-electron chi connectivity index (χ3n) is 2.62. The van der Waals surface area contributed by atoms with Crippen LogP contribution in [0.25, 0.3) is 0 Å². The largest absolute Gasteiger partial charge is 0.298 e. The minimum atomic E-state index is -0.787. The second-order valence-electron chi connectivity index (χ2n) is 5.40. The van der Waals surface area contributed by atoms with Gasteiger partial charge in [-0.3, -0.25) is 10.1 Å². The van der Waals surface area contributed by atoms with Crippen LogP contribution in [0.3, 0.4) is 0 Å². The average molecular weight is 296 g/mol. The summed E-state index contributed by atoms with van der Waals surface area (Å²) in [6.07, 6.45) is 0. The molecule has 6 heteroatoms. The van der Waals surface area contributed by atoms with E-state index in [1.165, 1.54) is 11.3 Å². The number of hydrogen-bond acceptors (Lipinski definition) is 3. The van der Waals surface area contributed by atoms with Crippen molar-refractivity contribution < 1.29 is 13.6 Å². The SMILES string of the molecule is CC(C)(C)c1csc(NC(=O)c2cc(F)cc(F)c2)n1. The zero-order valence-electron chi connectivity index (χ0n) is 11.3. The molecule has 0 aliphatic rings. The fraction of sp³-hybridized carbons (Fsp3) is 0.286. The molecule has 1 heterocycles. The maximum absolute atomic E-state index is 13.1. The van der Waals surface area contributed by atoms with Gasteiger partial charge in [-0.05, 0) is 12.1 Å². The van der Waals surface area contributed by atoms with E-state index in [-0.39, 0.29) is 11.0 Å². The van der Waals surface area contributed by atoms with Gasteiger partial charge >= 0.3 is 0 Å². The lowest BCUT2D eigenvalue weighted by molar-refractivity contribution is 0.102. The van der Waals surface area contributed by atoms with Crippen LogP contribution in [-0.4, -0.2) is 10.9 Å². The lowest BCUT2D eigenvalue weighted by Crippen LogP contribution is -2.14. The first kappa shape index (κ1) is 14.6. The number of anilines is 1. The van der Waals surface area contributed by atoms with Crippen molar-refractivity contribution in [2.24, 2.45) is 0 Å². The van der Waals surface area contributed by atoms with Gasteiger partial charge in [0.05, 0.1) is 5.69 Å². The van der Waals surface area contributed by atoms with Crippen molar-refractivity contribution in [3.05, 3.63) is 46.5 Å². The van der Waals surface area contributed by atoms with Crippen molar-refractivity contribution in [2.45, 2.75) is 26.2 Å². The van der Waals surface area contributed by atoms with Crippen LogP contribution in [0.2, 0.25) is 0 Å². The third kappa shape index (κ3) is 3.39. The van der Waals surface area contributed by atoms with E-state index in [2.05, 4.69) is 10.3 Å². The van der Waals surface area contributed by atoms with E-state index in [0.717, 1.165) is 23.9 Å². The second kappa shape index (κ2) is 5.28. The van der Waals surface area contributed by atoms with E-state index < -0.39 is 17.5 Å². The van der Waals surface area contributed by atoms with Crippen molar-refractivity contribution in [3.63, 3.8) is 0 Å². The Labute approximate surface area is 119 Å². The number of nitrogens with zero attached hydrogens (tertiary/aromatic N) is 1. The van der Waals surface area contributed by atoms with Crippen LogP contribution >= 0.6 is 11.3 Å². The van der Waals surface area contributed by atoms with Gasteiger partial charge in [-0.2, -0.15) is 0 Å². The predicted octanol–water partition coefficient (Wildman–Crippen LogP) is 3.97. The summed E-state index contributed by atoms with van der Waals surface area (Å²) in [6.45, 7) is 6.03. The first-order valence-corrected chi connectivity index (χ1v) is 6.87. The van der Waals surface area contributed by atoms with Gasteiger partial charge in [0.2, 0.25) is 0 Å². The highest BCUT2D eigenvalue weighted by Crippen LogP contribution is 2.26. The molecule has 20 heavy (non-hydrogen) atoms. The molecule has 0 radical (unpaired) electrons. The van der Waals surface area contributed by atoms with E-state index in [0.29, 0.717) is 5.13 Å². The molecule has 0 bridgehead atoms. The molecule has 2 rings (SSSR count). The molecule has 2 aromatic rings. The summed E-state index contributed by atoms with van der Waals surface area (Å²) in [5, 5.41) is 4.80. The van der Waals surface area contributed by atoms with Crippen molar-refractivity contribution >= 4 is 22.4 Å². The summed E-state index contributed by atoms with van der Waals surface area (Å²) in [5.74, 6) is -2.16. The van der Waals surface area contributed by atoms with Gasteiger partial charge in [-0.25, -0.2) is 13.8 Å². The molecule has 0 saturated heterocycles. The molecule has 1 aromatic carbocycles. The molecular formula is C14H14F2N2OS. The number of carbonyl (C=O) groups excluding carboxylic acids is 1. The average Bonchev–Trinajstić information content (AvgIpc) is 2.75. The number of halogens is 2. The molecule has 1 aromatic heterocycles. The summed E-state index contributed by atoms with van der Waals surface area (Å²) >= 11 is 1.28. The first-order chi connectivity index (χ1) is 9.25. The summed E-state index contributed by atoms with van der Waals surface area (Å²) in [5.41, 5.74) is 0.656. The molecule has 106 valence electrons. The van der Waals surface area contributed by atoms with Gasteiger partial charge < -0.3 is 0 Å². The molecule has 0 unspecified atom stereocenters. The van der Waals surface area contributed by atoms with E-state index in [1.807, 2.05) is 26.2 Å². The molecule has 0 aliphatic carbocycles. The minimum absolute atomic E-state index is 0.0741. The Kier molecular flexibility index (Phi) is 3.85. The van der Waals surface area contributed by atoms with Crippen molar-refractivity contribution in [2.75, 3.05) is 5.32 Å². The number of rotatable bonds is 2. The lowest BCUT2D eigenvalue weighted by Gasteiger charge is -2.14. The fourth-order valence-corrected chi connectivity index (χ4v) is 2.46. The Bertz CT molecular complexity index is 627. The van der Waals surface area contributed by atoms with Gasteiger partial charge in [0.1, 0.15) is 11.6 Å². The van der Waals surface area contributed by atoms with Gasteiger partial charge in [0.15, 0.2) is 5.13 Å². The highest BCUT2D eigenvalue weighted by molar-refractivity contribution is 7.14. The van der Waals surface area contributed by atoms with Crippen LogP contribution in [0, 0.1) is 11.6 Å². The highest BCUT2D eigenvalue weighted by atomic mass is 32.1. The van der Waals surface area contributed by atoms with Gasteiger partial charge in [0, 0.05) is 22.4 Å². The number of benzene rings is 1. The second-order valence-corrected chi connectivity index (χ2v) is 6.26. The van der Waals surface area contributed by atoms with Crippen LogP contribution < -0.4 is 5.32 Å². The number of amides is 1. The molecule has 1 N–H and O–H groups in total. The van der Waals surface area contributed by atoms with Crippen LogP contribution in [0.4, 0.5) is 13.9 Å². The normalized spacial score (nSPS) is 11.4. The first-order valence-electron chi connectivity index (χ1n) is 5.99. The van der Waals surface area contributed by atoms with E-state index >= 15 is 0 Å². The number of nitrogens with one attached hydrogen (secondary N) is 1. The standard InChI is InChI=1S/C14H14F2N2OS/c1-14(2,3)11-7-20-13(17-11)18-12(19)8-4-9(15)6-10(16)5-8/h4-7H,1-3H3,(H,17,18,19). The van der Waals surface area contributed by atoms with Crippen LogP contribution in [0.15, 0.2) is 23.6 Å². The maximum atomic E-state index is 13.1. The van der Waals surface area contributed by atoms with Gasteiger partial charge in [-0.15, -0.1) is 11.3 Å². The maximum Gasteiger partial charge on any atom is 0.257 e. The van der Waals surface area contributed by atoms with E-state index in [9.17, 15) is 13.6 Å². The third-order valence-corrected chi connectivity index (χ3v) is 3.38. The minimum Gasteiger partial charge on any atom is -0.298 e. The molecule has 0 spiro atoms. The topological polar surface area (TPSA) is 42.0 Å². The van der Waals surface area contributed by atoms with Crippen molar-refractivity contribution in [3.8, 4) is 0 Å². The molecule has 0 fully saturated rings. The molecule has 0 aliphatic heterocycles. The molecule has 1 amide bonds. The molecule has 3 nitrogen and oxygen atoms in total. The summed E-state index contributed by atoms with van der Waals surface area (Å²) in [4.78, 5) is 16.2. The van der Waals surface area contributed by atoms with Crippen LogP contribution in [-0.2, 0) is 5.41 Å². The highest BCUT2D eigenvalue weighted by Gasteiger charge is 2.18. The summed E-state index contributed by atoms with van der Waals surface area (Å²) < 4.78 is 26.1. The van der Waals surface area contributed by atoms with E-state index in [1.54, 1.807) is 0 Å². The van der Waals surface area contributed by atoms with Gasteiger partial charge in [-0.1, -0.05) is 20.8 Å². The molecule has 0 atom stereocenters. The number of thiazole rings is 1.